The Labute approximate surface area is 121 Å². The van der Waals surface area contributed by atoms with Gasteiger partial charge in [0.15, 0.2) is 0 Å². The first-order chi connectivity index (χ1) is 9.43. The summed E-state index contributed by atoms with van der Waals surface area (Å²) in [6.45, 7) is 4.88. The Balaban J connectivity index is 2.40. The lowest BCUT2D eigenvalue weighted by molar-refractivity contribution is -0.141. The molecule has 0 bridgehead atoms. The van der Waals surface area contributed by atoms with Crippen LogP contribution in [0.15, 0.2) is 0 Å². The van der Waals surface area contributed by atoms with Crippen molar-refractivity contribution in [2.24, 2.45) is 5.41 Å². The molecule has 5 heteroatoms. The summed E-state index contributed by atoms with van der Waals surface area (Å²) in [5.41, 5.74) is -0.340. The molecule has 0 heterocycles. The van der Waals surface area contributed by atoms with Gasteiger partial charge in [-0.3, -0.25) is 9.59 Å². The molecule has 5 nitrogen and oxygen atoms in total. The second-order valence-electron chi connectivity index (χ2n) is 6.08. The van der Waals surface area contributed by atoms with Gasteiger partial charge < -0.3 is 15.2 Å². The summed E-state index contributed by atoms with van der Waals surface area (Å²) in [7, 11) is 0. The van der Waals surface area contributed by atoms with E-state index in [1.54, 1.807) is 0 Å². The van der Waals surface area contributed by atoms with Crippen molar-refractivity contribution in [1.82, 2.24) is 5.32 Å². The topological polar surface area (TPSA) is 75.6 Å². The molecule has 1 fully saturated rings. The number of rotatable bonds is 8. The molecule has 0 aromatic heterocycles. The van der Waals surface area contributed by atoms with E-state index in [2.05, 4.69) is 5.32 Å². The number of aliphatic carboxylic acids is 1. The third kappa shape index (κ3) is 6.37. The van der Waals surface area contributed by atoms with Crippen LogP contribution >= 0.6 is 0 Å². The monoisotopic (exact) mass is 285 g/mol. The van der Waals surface area contributed by atoms with Crippen molar-refractivity contribution in [3.05, 3.63) is 0 Å². The predicted octanol–water partition coefficient (Wildman–Crippen LogP) is 2.34. The first-order valence-electron chi connectivity index (χ1n) is 7.54. The van der Waals surface area contributed by atoms with Gasteiger partial charge in [0.05, 0.1) is 19.1 Å². The molecule has 0 saturated heterocycles. The molecular formula is C15H27NO4. The second kappa shape index (κ2) is 8.25. The lowest BCUT2D eigenvalue weighted by Gasteiger charge is -2.35. The van der Waals surface area contributed by atoms with E-state index in [0.717, 1.165) is 32.1 Å². The summed E-state index contributed by atoms with van der Waals surface area (Å²) < 4.78 is 5.36. The van der Waals surface area contributed by atoms with Gasteiger partial charge in [0.2, 0.25) is 5.91 Å². The number of ether oxygens (including phenoxy) is 1. The van der Waals surface area contributed by atoms with Gasteiger partial charge in [-0.25, -0.2) is 0 Å². The van der Waals surface area contributed by atoms with Crippen LogP contribution in [0.25, 0.3) is 0 Å². The minimum absolute atomic E-state index is 0.0551. The van der Waals surface area contributed by atoms with Crippen molar-refractivity contribution >= 4 is 11.9 Å². The molecule has 1 saturated carbocycles. The second-order valence-corrected chi connectivity index (χ2v) is 6.08. The summed E-state index contributed by atoms with van der Waals surface area (Å²) >= 11 is 0. The zero-order valence-electron chi connectivity index (χ0n) is 12.6. The number of nitrogens with one attached hydrogen (secondary N) is 1. The van der Waals surface area contributed by atoms with E-state index in [-0.39, 0.29) is 23.8 Å². The summed E-state index contributed by atoms with van der Waals surface area (Å²) in [5, 5.41) is 11.9. The van der Waals surface area contributed by atoms with Crippen LogP contribution in [0.2, 0.25) is 0 Å². The fourth-order valence-corrected chi connectivity index (χ4v) is 2.93. The van der Waals surface area contributed by atoms with E-state index in [4.69, 9.17) is 9.84 Å². The van der Waals surface area contributed by atoms with Gasteiger partial charge in [0, 0.05) is 13.0 Å². The van der Waals surface area contributed by atoms with Crippen molar-refractivity contribution in [1.29, 1.82) is 0 Å². The summed E-state index contributed by atoms with van der Waals surface area (Å²) in [6, 6.07) is 0. The Bertz CT molecular complexity index is 322. The number of carboxylic acid groups (broad SMARTS) is 1. The summed E-state index contributed by atoms with van der Waals surface area (Å²) in [5.74, 6) is -0.858. The SMILES string of the molecule is CC(C)OCCNC(=O)CC1(CC(=O)O)CCCCC1. The van der Waals surface area contributed by atoms with Crippen molar-refractivity contribution in [3.63, 3.8) is 0 Å². The largest absolute Gasteiger partial charge is 0.481 e. The molecule has 0 aromatic rings. The quantitative estimate of drug-likeness (QED) is 0.671. The highest BCUT2D eigenvalue weighted by Gasteiger charge is 2.36. The van der Waals surface area contributed by atoms with Gasteiger partial charge in [0.1, 0.15) is 0 Å². The highest BCUT2D eigenvalue weighted by molar-refractivity contribution is 5.78. The fourth-order valence-electron chi connectivity index (χ4n) is 2.93. The van der Waals surface area contributed by atoms with Crippen LogP contribution in [0.4, 0.5) is 0 Å². The number of hydrogen-bond donors (Lipinski definition) is 2. The molecule has 20 heavy (non-hydrogen) atoms. The predicted molar refractivity (Wildman–Crippen MR) is 76.5 cm³/mol. The van der Waals surface area contributed by atoms with Gasteiger partial charge in [-0.2, -0.15) is 0 Å². The van der Waals surface area contributed by atoms with E-state index >= 15 is 0 Å². The molecule has 0 aliphatic heterocycles. The number of carbonyl (C=O) groups excluding carboxylic acids is 1. The van der Waals surface area contributed by atoms with E-state index in [1.165, 1.54) is 0 Å². The van der Waals surface area contributed by atoms with E-state index in [1.807, 2.05) is 13.8 Å². The minimum atomic E-state index is -0.803. The number of carboxylic acids is 1. The standard InChI is InChI=1S/C15H27NO4/c1-12(2)20-9-8-16-13(17)10-15(11-14(18)19)6-4-3-5-7-15/h12H,3-11H2,1-2H3,(H,16,17)(H,18,19). The van der Waals surface area contributed by atoms with Gasteiger partial charge >= 0.3 is 5.97 Å². The average molecular weight is 285 g/mol. The third-order valence-corrected chi connectivity index (χ3v) is 3.85. The van der Waals surface area contributed by atoms with E-state index in [9.17, 15) is 9.59 Å². The molecule has 0 radical (unpaired) electrons. The van der Waals surface area contributed by atoms with Crippen LogP contribution in [0, 0.1) is 5.41 Å². The van der Waals surface area contributed by atoms with Gasteiger partial charge in [-0.05, 0) is 32.1 Å². The molecule has 0 atom stereocenters. The van der Waals surface area contributed by atoms with Crippen LogP contribution in [0.3, 0.4) is 0 Å². The van der Waals surface area contributed by atoms with Crippen molar-refractivity contribution in [3.8, 4) is 0 Å². The van der Waals surface area contributed by atoms with Gasteiger partial charge in [-0.1, -0.05) is 19.3 Å². The number of carbonyl (C=O) groups is 2. The maximum Gasteiger partial charge on any atom is 0.303 e. The molecule has 2 N–H and O–H groups in total. The fraction of sp³-hybridized carbons (Fsp3) is 0.867. The summed E-state index contributed by atoms with van der Waals surface area (Å²) in [6.07, 6.45) is 5.46. The molecule has 1 aliphatic carbocycles. The molecule has 116 valence electrons. The number of hydrogen-bond acceptors (Lipinski definition) is 3. The Morgan fingerprint density at radius 2 is 1.85 bits per heavy atom. The van der Waals surface area contributed by atoms with Crippen molar-refractivity contribution in [2.45, 2.75) is 64.9 Å². The normalized spacial score (nSPS) is 17.9. The van der Waals surface area contributed by atoms with Crippen molar-refractivity contribution < 1.29 is 19.4 Å². The Hall–Kier alpha value is -1.10. The van der Waals surface area contributed by atoms with Crippen LogP contribution in [0.1, 0.15) is 58.8 Å². The highest BCUT2D eigenvalue weighted by Crippen LogP contribution is 2.42. The Kier molecular flexibility index (Phi) is 6.99. The summed E-state index contributed by atoms with van der Waals surface area (Å²) in [4.78, 5) is 23.0. The van der Waals surface area contributed by atoms with Crippen LogP contribution < -0.4 is 5.32 Å². The smallest absolute Gasteiger partial charge is 0.303 e. The first-order valence-corrected chi connectivity index (χ1v) is 7.54. The van der Waals surface area contributed by atoms with Crippen LogP contribution in [-0.4, -0.2) is 36.2 Å². The molecular weight excluding hydrogens is 258 g/mol. The molecule has 1 aliphatic rings. The van der Waals surface area contributed by atoms with Crippen LogP contribution in [0.5, 0.6) is 0 Å². The van der Waals surface area contributed by atoms with Gasteiger partial charge in [0.25, 0.3) is 0 Å². The van der Waals surface area contributed by atoms with Crippen LogP contribution in [-0.2, 0) is 14.3 Å². The molecule has 0 aromatic carbocycles. The third-order valence-electron chi connectivity index (χ3n) is 3.85. The minimum Gasteiger partial charge on any atom is -0.481 e. The zero-order valence-corrected chi connectivity index (χ0v) is 12.6. The Morgan fingerprint density at radius 3 is 2.40 bits per heavy atom. The first kappa shape index (κ1) is 17.0. The zero-order chi connectivity index (χ0) is 15.0. The molecule has 1 rings (SSSR count). The lowest BCUT2D eigenvalue weighted by Crippen LogP contribution is -2.36. The number of amides is 1. The lowest BCUT2D eigenvalue weighted by atomic mass is 9.69. The Morgan fingerprint density at radius 1 is 1.20 bits per heavy atom. The molecule has 0 spiro atoms. The van der Waals surface area contributed by atoms with E-state index < -0.39 is 5.97 Å². The molecule has 0 unspecified atom stereocenters. The average Bonchev–Trinajstić information content (AvgIpc) is 2.34. The highest BCUT2D eigenvalue weighted by atomic mass is 16.5. The van der Waals surface area contributed by atoms with E-state index in [0.29, 0.717) is 19.6 Å². The maximum atomic E-state index is 12.0. The van der Waals surface area contributed by atoms with Crippen molar-refractivity contribution in [2.75, 3.05) is 13.2 Å². The maximum absolute atomic E-state index is 12.0. The molecule has 1 amide bonds. The van der Waals surface area contributed by atoms with Gasteiger partial charge in [-0.15, -0.1) is 0 Å².